The van der Waals surface area contributed by atoms with Crippen LogP contribution in [-0.4, -0.2) is 59.3 Å². The summed E-state index contributed by atoms with van der Waals surface area (Å²) in [4.78, 5) is 34.3. The van der Waals surface area contributed by atoms with E-state index in [1.165, 1.54) is 22.5 Å². The summed E-state index contributed by atoms with van der Waals surface area (Å²) in [6, 6.07) is 8.43. The van der Waals surface area contributed by atoms with Gasteiger partial charge in [0.05, 0.1) is 12.1 Å². The first-order chi connectivity index (χ1) is 13.2. The van der Waals surface area contributed by atoms with Crippen molar-refractivity contribution in [2.75, 3.05) is 25.2 Å². The number of hydrogen-bond donors (Lipinski definition) is 1. The molecule has 0 spiro atoms. The highest BCUT2D eigenvalue weighted by atomic mass is 32.2. The van der Waals surface area contributed by atoms with Crippen LogP contribution in [0.3, 0.4) is 0 Å². The van der Waals surface area contributed by atoms with E-state index in [1.807, 2.05) is 6.92 Å². The molecule has 0 aromatic carbocycles. The molecule has 0 fully saturated rings. The normalized spacial score (nSPS) is 11.4. The molecule has 0 saturated heterocycles. The van der Waals surface area contributed by atoms with Crippen molar-refractivity contribution in [1.29, 1.82) is 0 Å². The molecule has 3 aromatic heterocycles. The summed E-state index contributed by atoms with van der Waals surface area (Å²) < 4.78 is 25.3. The molecular weight excluding hydrogens is 382 g/mol. The van der Waals surface area contributed by atoms with Crippen LogP contribution in [0.15, 0.2) is 47.9 Å². The minimum Gasteiger partial charge on any atom is -0.331 e. The molecule has 0 radical (unpaired) electrons. The van der Waals surface area contributed by atoms with Gasteiger partial charge in [0.25, 0.3) is 5.91 Å². The van der Waals surface area contributed by atoms with Crippen LogP contribution >= 0.6 is 0 Å². The highest BCUT2D eigenvalue weighted by Gasteiger charge is 2.25. The molecule has 1 N–H and O–H groups in total. The molecule has 0 aliphatic rings. The maximum absolute atomic E-state index is 12.8. The summed E-state index contributed by atoms with van der Waals surface area (Å²) in [5.41, 5.74) is 1.25. The maximum Gasteiger partial charge on any atom is 0.274 e. The third-order valence-corrected chi connectivity index (χ3v) is 4.91. The SMILES string of the molecule is Cc1ccnc(NC(=O)CN(C)C(=O)c2nc(S(C)(=O)=O)n3ccccc23)c1. The van der Waals surface area contributed by atoms with Crippen LogP contribution in [0, 0.1) is 6.92 Å². The van der Waals surface area contributed by atoms with E-state index < -0.39 is 21.7 Å². The zero-order valence-electron chi connectivity index (χ0n) is 15.6. The minimum absolute atomic E-state index is 0.0370. The Morgan fingerprint density at radius 2 is 2.00 bits per heavy atom. The molecule has 0 unspecified atom stereocenters. The Kier molecular flexibility index (Phi) is 5.14. The molecule has 0 aliphatic carbocycles. The van der Waals surface area contributed by atoms with Gasteiger partial charge in [-0.2, -0.15) is 0 Å². The van der Waals surface area contributed by atoms with E-state index in [4.69, 9.17) is 0 Å². The Morgan fingerprint density at radius 3 is 2.68 bits per heavy atom. The average molecular weight is 401 g/mol. The number of amides is 2. The van der Waals surface area contributed by atoms with Crippen molar-refractivity contribution in [3.8, 4) is 0 Å². The Bertz CT molecular complexity index is 1170. The van der Waals surface area contributed by atoms with Crippen molar-refractivity contribution in [2.24, 2.45) is 0 Å². The number of nitrogens with zero attached hydrogens (tertiary/aromatic N) is 4. The van der Waals surface area contributed by atoms with Gasteiger partial charge in [0.1, 0.15) is 5.82 Å². The molecule has 0 aliphatic heterocycles. The second kappa shape index (κ2) is 7.39. The number of fused-ring (bicyclic) bond motifs is 1. The zero-order valence-corrected chi connectivity index (χ0v) is 16.4. The molecule has 28 heavy (non-hydrogen) atoms. The van der Waals surface area contributed by atoms with Crippen LogP contribution in [0.5, 0.6) is 0 Å². The summed E-state index contributed by atoms with van der Waals surface area (Å²) in [5.74, 6) is -0.607. The van der Waals surface area contributed by atoms with Gasteiger partial charge in [-0.3, -0.25) is 14.0 Å². The molecule has 0 bridgehead atoms. The first-order valence-corrected chi connectivity index (χ1v) is 10.2. The van der Waals surface area contributed by atoms with Crippen LogP contribution in [-0.2, 0) is 14.6 Å². The van der Waals surface area contributed by atoms with Crippen molar-refractivity contribution >= 4 is 33.0 Å². The quantitative estimate of drug-likeness (QED) is 0.686. The maximum atomic E-state index is 12.8. The standard InChI is InChI=1S/C18H19N5O4S/c1-12-7-8-19-14(10-12)20-15(24)11-22(2)17(25)16-13-6-4-5-9-23(13)18(21-16)28(3,26)27/h4-10H,11H2,1-3H3,(H,19,20,24). The van der Waals surface area contributed by atoms with Crippen LogP contribution in [0.2, 0.25) is 0 Å². The topological polar surface area (TPSA) is 114 Å². The van der Waals surface area contributed by atoms with Gasteiger partial charge in [0.2, 0.25) is 20.9 Å². The zero-order chi connectivity index (χ0) is 20.5. The van der Waals surface area contributed by atoms with E-state index in [9.17, 15) is 18.0 Å². The van der Waals surface area contributed by atoms with E-state index >= 15 is 0 Å². The number of pyridine rings is 2. The number of rotatable bonds is 5. The second-order valence-corrected chi connectivity index (χ2v) is 8.31. The van der Waals surface area contributed by atoms with Crippen molar-refractivity contribution < 1.29 is 18.0 Å². The lowest BCUT2D eigenvalue weighted by atomic mass is 10.3. The third kappa shape index (κ3) is 4.01. The number of aromatic nitrogens is 3. The first kappa shape index (κ1) is 19.5. The van der Waals surface area contributed by atoms with Gasteiger partial charge in [0, 0.05) is 25.7 Å². The number of sulfone groups is 1. The van der Waals surface area contributed by atoms with Gasteiger partial charge in [0.15, 0.2) is 5.69 Å². The van der Waals surface area contributed by atoms with Gasteiger partial charge in [-0.1, -0.05) is 6.07 Å². The predicted octanol–water partition coefficient (Wildman–Crippen LogP) is 1.15. The Labute approximate surface area is 161 Å². The van der Waals surface area contributed by atoms with E-state index in [1.54, 1.807) is 36.5 Å². The molecule has 0 saturated carbocycles. The Hall–Kier alpha value is -3.27. The number of hydrogen-bond acceptors (Lipinski definition) is 6. The van der Waals surface area contributed by atoms with Crippen LogP contribution in [0.1, 0.15) is 16.1 Å². The van der Waals surface area contributed by atoms with Crippen LogP contribution in [0.4, 0.5) is 5.82 Å². The lowest BCUT2D eigenvalue weighted by molar-refractivity contribution is -0.116. The van der Waals surface area contributed by atoms with Crippen molar-refractivity contribution in [3.05, 3.63) is 54.0 Å². The Balaban J connectivity index is 1.83. The van der Waals surface area contributed by atoms with Gasteiger partial charge in [-0.15, -0.1) is 0 Å². The summed E-state index contributed by atoms with van der Waals surface area (Å²) in [6.45, 7) is 1.63. The molecule has 3 heterocycles. The smallest absolute Gasteiger partial charge is 0.274 e. The van der Waals surface area contributed by atoms with Crippen molar-refractivity contribution in [3.63, 3.8) is 0 Å². The highest BCUT2D eigenvalue weighted by molar-refractivity contribution is 7.90. The molecule has 9 nitrogen and oxygen atoms in total. The molecule has 3 aromatic rings. The van der Waals surface area contributed by atoms with Crippen molar-refractivity contribution in [2.45, 2.75) is 12.1 Å². The molecule has 2 amide bonds. The number of imidazole rings is 1. The van der Waals surface area contributed by atoms with E-state index in [0.29, 0.717) is 11.3 Å². The Morgan fingerprint density at radius 1 is 1.25 bits per heavy atom. The fraction of sp³-hybridized carbons (Fsp3) is 0.222. The lowest BCUT2D eigenvalue weighted by Gasteiger charge is -2.15. The number of carbonyl (C=O) groups excluding carboxylic acids is 2. The number of likely N-dealkylation sites (N-methyl/N-ethyl adjacent to an activating group) is 1. The molecule has 10 heteroatoms. The number of aryl methyl sites for hydroxylation is 1. The summed E-state index contributed by atoms with van der Waals surface area (Å²) >= 11 is 0. The highest BCUT2D eigenvalue weighted by Crippen LogP contribution is 2.18. The summed E-state index contributed by atoms with van der Waals surface area (Å²) in [7, 11) is -2.20. The minimum atomic E-state index is -3.64. The number of anilines is 1. The summed E-state index contributed by atoms with van der Waals surface area (Å²) in [5, 5.41) is 2.39. The van der Waals surface area contributed by atoms with Crippen LogP contribution in [0.25, 0.3) is 5.52 Å². The van der Waals surface area contributed by atoms with Gasteiger partial charge < -0.3 is 10.2 Å². The largest absolute Gasteiger partial charge is 0.331 e. The fourth-order valence-electron chi connectivity index (χ4n) is 2.68. The number of carbonyl (C=O) groups is 2. The average Bonchev–Trinajstić information content (AvgIpc) is 3.01. The fourth-order valence-corrected chi connectivity index (χ4v) is 3.46. The third-order valence-electron chi connectivity index (χ3n) is 3.96. The van der Waals surface area contributed by atoms with Crippen LogP contribution < -0.4 is 5.32 Å². The van der Waals surface area contributed by atoms with Gasteiger partial charge in [-0.25, -0.2) is 18.4 Å². The lowest BCUT2D eigenvalue weighted by Crippen LogP contribution is -2.35. The van der Waals surface area contributed by atoms with Gasteiger partial charge >= 0.3 is 0 Å². The van der Waals surface area contributed by atoms with E-state index in [0.717, 1.165) is 11.8 Å². The summed E-state index contributed by atoms with van der Waals surface area (Å²) in [6.07, 6.45) is 4.12. The predicted molar refractivity (Wildman–Crippen MR) is 103 cm³/mol. The molecule has 3 rings (SSSR count). The second-order valence-electron chi connectivity index (χ2n) is 6.40. The van der Waals surface area contributed by atoms with E-state index in [-0.39, 0.29) is 17.4 Å². The number of nitrogens with one attached hydrogen (secondary N) is 1. The molecule has 146 valence electrons. The monoisotopic (exact) mass is 401 g/mol. The molecule has 0 atom stereocenters. The van der Waals surface area contributed by atoms with E-state index in [2.05, 4.69) is 15.3 Å². The molecular formula is C18H19N5O4S. The first-order valence-electron chi connectivity index (χ1n) is 8.32. The van der Waals surface area contributed by atoms with Gasteiger partial charge in [-0.05, 0) is 36.8 Å². The van der Waals surface area contributed by atoms with Crippen molar-refractivity contribution in [1.82, 2.24) is 19.3 Å².